The van der Waals surface area contributed by atoms with Crippen molar-refractivity contribution in [3.8, 4) is 5.75 Å². The summed E-state index contributed by atoms with van der Waals surface area (Å²) < 4.78 is 5.18. The summed E-state index contributed by atoms with van der Waals surface area (Å²) >= 11 is 0. The van der Waals surface area contributed by atoms with Crippen molar-refractivity contribution < 1.29 is 14.5 Å². The fourth-order valence-corrected chi connectivity index (χ4v) is 2.97. The van der Waals surface area contributed by atoms with Gasteiger partial charge in [0.15, 0.2) is 0 Å². The van der Waals surface area contributed by atoms with Crippen molar-refractivity contribution in [2.45, 2.75) is 27.2 Å². The molecule has 0 spiro atoms. The number of aryl methyl sites for hydroxylation is 2. The Kier molecular flexibility index (Phi) is 6.76. The molecule has 0 aromatic heterocycles. The number of rotatable bonds is 8. The number of hydrogen-bond donors (Lipinski definition) is 1. The van der Waals surface area contributed by atoms with E-state index in [4.69, 9.17) is 4.74 Å². The Morgan fingerprint density at radius 1 is 1.22 bits per heavy atom. The van der Waals surface area contributed by atoms with E-state index in [0.717, 1.165) is 17.8 Å². The van der Waals surface area contributed by atoms with Crippen LogP contribution in [0.1, 0.15) is 24.5 Å². The highest BCUT2D eigenvalue weighted by atomic mass is 16.6. The number of methoxy groups -OCH3 is 1. The monoisotopic (exact) mass is 371 g/mol. The van der Waals surface area contributed by atoms with Gasteiger partial charge in [-0.3, -0.25) is 14.9 Å². The third kappa shape index (κ3) is 5.20. The lowest BCUT2D eigenvalue weighted by Gasteiger charge is -2.25. The molecule has 2 aromatic rings. The maximum absolute atomic E-state index is 12.4. The summed E-state index contributed by atoms with van der Waals surface area (Å²) in [6.45, 7) is 7.47. The van der Waals surface area contributed by atoms with Gasteiger partial charge in [0.2, 0.25) is 5.91 Å². The van der Waals surface area contributed by atoms with E-state index in [1.807, 2.05) is 13.8 Å². The SMILES string of the molecule is CCN(CCC(=O)Nc1cc([N+](=O)[O-])ccc1OC)c1ccc(C)cc1C. The van der Waals surface area contributed by atoms with Crippen molar-refractivity contribution in [2.75, 3.05) is 30.4 Å². The molecule has 2 aromatic carbocycles. The van der Waals surface area contributed by atoms with Crippen molar-refractivity contribution in [1.29, 1.82) is 0 Å². The van der Waals surface area contributed by atoms with E-state index in [1.54, 1.807) is 0 Å². The molecule has 0 radical (unpaired) electrons. The third-order valence-electron chi connectivity index (χ3n) is 4.35. The highest BCUT2D eigenvalue weighted by Crippen LogP contribution is 2.29. The smallest absolute Gasteiger partial charge is 0.271 e. The van der Waals surface area contributed by atoms with Gasteiger partial charge in [0, 0.05) is 37.3 Å². The molecule has 144 valence electrons. The summed E-state index contributed by atoms with van der Waals surface area (Å²) in [6.07, 6.45) is 0.257. The Hall–Kier alpha value is -3.09. The van der Waals surface area contributed by atoms with Crippen LogP contribution in [0.2, 0.25) is 0 Å². The average molecular weight is 371 g/mol. The van der Waals surface area contributed by atoms with E-state index < -0.39 is 4.92 Å². The van der Waals surface area contributed by atoms with Gasteiger partial charge in [-0.1, -0.05) is 17.7 Å². The minimum absolute atomic E-state index is 0.100. The predicted octanol–water partition coefficient (Wildman–Crippen LogP) is 4.08. The lowest BCUT2D eigenvalue weighted by atomic mass is 10.1. The van der Waals surface area contributed by atoms with Crippen LogP contribution in [-0.2, 0) is 4.79 Å². The Balaban J connectivity index is 2.07. The zero-order chi connectivity index (χ0) is 20.0. The molecule has 0 unspecified atom stereocenters. The van der Waals surface area contributed by atoms with Crippen molar-refractivity contribution in [3.63, 3.8) is 0 Å². The second-order valence-electron chi connectivity index (χ2n) is 6.31. The van der Waals surface area contributed by atoms with E-state index in [1.165, 1.54) is 30.9 Å². The summed E-state index contributed by atoms with van der Waals surface area (Å²) in [5.41, 5.74) is 3.66. The highest BCUT2D eigenvalue weighted by Gasteiger charge is 2.15. The molecule has 0 heterocycles. The fourth-order valence-electron chi connectivity index (χ4n) is 2.97. The van der Waals surface area contributed by atoms with Crippen LogP contribution in [0.5, 0.6) is 5.75 Å². The number of nitro groups is 1. The predicted molar refractivity (Wildman–Crippen MR) is 107 cm³/mol. The number of benzene rings is 2. The zero-order valence-electron chi connectivity index (χ0n) is 16.1. The molecule has 7 heteroatoms. The van der Waals surface area contributed by atoms with Crippen LogP contribution in [0.3, 0.4) is 0 Å². The Morgan fingerprint density at radius 3 is 2.56 bits per heavy atom. The molecule has 0 saturated carbocycles. The molecule has 0 aliphatic carbocycles. The summed E-state index contributed by atoms with van der Waals surface area (Å²) in [6, 6.07) is 10.4. The maximum Gasteiger partial charge on any atom is 0.271 e. The molecular formula is C20H25N3O4. The number of nitrogens with zero attached hydrogens (tertiary/aromatic N) is 2. The number of amides is 1. The van der Waals surface area contributed by atoms with Crippen LogP contribution >= 0.6 is 0 Å². The van der Waals surface area contributed by atoms with Gasteiger partial charge in [0.25, 0.3) is 5.69 Å². The first kappa shape index (κ1) is 20.2. The maximum atomic E-state index is 12.4. The topological polar surface area (TPSA) is 84.7 Å². The summed E-state index contributed by atoms with van der Waals surface area (Å²) in [4.78, 5) is 25.0. The molecule has 0 fully saturated rings. The third-order valence-corrected chi connectivity index (χ3v) is 4.35. The van der Waals surface area contributed by atoms with E-state index in [2.05, 4.69) is 35.3 Å². The molecule has 0 saturated heterocycles. The van der Waals surface area contributed by atoms with Gasteiger partial charge in [-0.2, -0.15) is 0 Å². The van der Waals surface area contributed by atoms with Crippen LogP contribution in [-0.4, -0.2) is 31.0 Å². The first-order valence-corrected chi connectivity index (χ1v) is 8.80. The summed E-state index contributed by atoms with van der Waals surface area (Å²) in [5, 5.41) is 13.7. The normalized spacial score (nSPS) is 10.4. The Labute approximate surface area is 159 Å². The number of carbonyl (C=O) groups is 1. The molecule has 0 aliphatic heterocycles. The molecule has 7 nitrogen and oxygen atoms in total. The first-order chi connectivity index (χ1) is 12.8. The van der Waals surface area contributed by atoms with Crippen molar-refractivity contribution >= 4 is 23.0 Å². The average Bonchev–Trinajstić information content (AvgIpc) is 2.63. The lowest BCUT2D eigenvalue weighted by Crippen LogP contribution is -2.28. The van der Waals surface area contributed by atoms with Gasteiger partial charge in [0.1, 0.15) is 5.75 Å². The zero-order valence-corrected chi connectivity index (χ0v) is 16.1. The molecule has 1 amide bonds. The summed E-state index contributed by atoms with van der Waals surface area (Å²) in [7, 11) is 1.45. The first-order valence-electron chi connectivity index (χ1n) is 8.80. The summed E-state index contributed by atoms with van der Waals surface area (Å²) in [5.74, 6) is 0.160. The Bertz CT molecular complexity index is 836. The van der Waals surface area contributed by atoms with Crippen LogP contribution < -0.4 is 15.0 Å². The van der Waals surface area contributed by atoms with E-state index >= 15 is 0 Å². The number of anilines is 2. The molecule has 1 N–H and O–H groups in total. The van der Waals surface area contributed by atoms with Gasteiger partial charge < -0.3 is 15.0 Å². The van der Waals surface area contributed by atoms with Gasteiger partial charge in [-0.25, -0.2) is 0 Å². The van der Waals surface area contributed by atoms with Crippen molar-refractivity contribution in [3.05, 3.63) is 57.6 Å². The number of nitro benzene ring substituents is 1. The molecule has 0 atom stereocenters. The van der Waals surface area contributed by atoms with Gasteiger partial charge in [0.05, 0.1) is 17.7 Å². The highest BCUT2D eigenvalue weighted by molar-refractivity contribution is 5.93. The van der Waals surface area contributed by atoms with Gasteiger partial charge >= 0.3 is 0 Å². The van der Waals surface area contributed by atoms with Gasteiger partial charge in [-0.15, -0.1) is 0 Å². The van der Waals surface area contributed by atoms with Crippen LogP contribution in [0, 0.1) is 24.0 Å². The number of hydrogen-bond acceptors (Lipinski definition) is 5. The van der Waals surface area contributed by atoms with E-state index in [9.17, 15) is 14.9 Å². The number of non-ortho nitro benzene ring substituents is 1. The molecular weight excluding hydrogens is 346 g/mol. The molecule has 27 heavy (non-hydrogen) atoms. The molecule has 0 aliphatic rings. The molecule has 2 rings (SSSR count). The van der Waals surface area contributed by atoms with Crippen molar-refractivity contribution in [1.82, 2.24) is 0 Å². The van der Waals surface area contributed by atoms with Crippen molar-refractivity contribution in [2.24, 2.45) is 0 Å². The van der Waals surface area contributed by atoms with Crippen LogP contribution in [0.15, 0.2) is 36.4 Å². The number of ether oxygens (including phenoxy) is 1. The second-order valence-corrected chi connectivity index (χ2v) is 6.31. The van der Waals surface area contributed by atoms with Crippen LogP contribution in [0.4, 0.5) is 17.1 Å². The van der Waals surface area contributed by atoms with E-state index in [0.29, 0.717) is 18.0 Å². The quantitative estimate of drug-likeness (QED) is 0.558. The van der Waals surface area contributed by atoms with E-state index in [-0.39, 0.29) is 18.0 Å². The lowest BCUT2D eigenvalue weighted by molar-refractivity contribution is -0.384. The second kappa shape index (κ2) is 9.02. The fraction of sp³-hybridized carbons (Fsp3) is 0.350. The largest absolute Gasteiger partial charge is 0.495 e. The van der Waals surface area contributed by atoms with Crippen LogP contribution in [0.25, 0.3) is 0 Å². The Morgan fingerprint density at radius 2 is 1.96 bits per heavy atom. The minimum atomic E-state index is -0.506. The molecule has 0 bridgehead atoms. The minimum Gasteiger partial charge on any atom is -0.495 e. The van der Waals surface area contributed by atoms with Gasteiger partial charge in [-0.05, 0) is 38.5 Å². The number of nitrogens with one attached hydrogen (secondary N) is 1. The number of carbonyl (C=O) groups excluding carboxylic acids is 1. The standard InChI is InChI=1S/C20H25N3O4/c1-5-22(18-8-6-14(2)12-15(18)3)11-10-20(24)21-17-13-16(23(25)26)7-9-19(17)27-4/h6-9,12-13H,5,10-11H2,1-4H3,(H,21,24).